The van der Waals surface area contributed by atoms with Gasteiger partial charge >= 0.3 is 0 Å². The number of hydrogen-bond donors (Lipinski definition) is 3. The molecule has 0 bridgehead atoms. The Morgan fingerprint density at radius 2 is 1.90 bits per heavy atom. The van der Waals surface area contributed by atoms with Crippen LogP contribution in [-0.2, 0) is 26.0 Å². The van der Waals surface area contributed by atoms with Crippen LogP contribution in [0.2, 0.25) is 0 Å². The fourth-order valence-electron chi connectivity index (χ4n) is 2.06. The van der Waals surface area contributed by atoms with E-state index in [9.17, 15) is 18.0 Å². The Morgan fingerprint density at radius 3 is 2.40 bits per heavy atom. The van der Waals surface area contributed by atoms with Crippen LogP contribution in [0.1, 0.15) is 12.0 Å². The van der Waals surface area contributed by atoms with Gasteiger partial charge in [0.2, 0.25) is 15.9 Å². The van der Waals surface area contributed by atoms with Gasteiger partial charge < -0.3 is 5.32 Å². The number of quaternary nitrogens is 1. The Hall–Kier alpha value is -1.77. The number of hydrogen-bond acceptors (Lipinski definition) is 4. The molecule has 1 saturated heterocycles. The Balaban J connectivity index is 1.86. The van der Waals surface area contributed by atoms with Gasteiger partial charge in [-0.1, -0.05) is 12.1 Å². The summed E-state index contributed by atoms with van der Waals surface area (Å²) in [6.07, 6.45) is 0.881. The predicted molar refractivity (Wildman–Crippen MR) is 69.9 cm³/mol. The molecule has 1 fully saturated rings. The summed E-state index contributed by atoms with van der Waals surface area (Å²) in [6.45, 7) is 0.639. The van der Waals surface area contributed by atoms with Gasteiger partial charge in [0, 0.05) is 6.42 Å². The Morgan fingerprint density at radius 1 is 1.25 bits per heavy atom. The van der Waals surface area contributed by atoms with E-state index >= 15 is 0 Å². The maximum atomic E-state index is 11.3. The van der Waals surface area contributed by atoms with E-state index in [4.69, 9.17) is 5.14 Å². The van der Waals surface area contributed by atoms with Crippen LogP contribution in [0.15, 0.2) is 29.2 Å². The summed E-state index contributed by atoms with van der Waals surface area (Å²) >= 11 is 0. The zero-order chi connectivity index (χ0) is 14.8. The number of nitrogens with one attached hydrogen (secondary N) is 1. The van der Waals surface area contributed by atoms with Crippen molar-refractivity contribution in [2.24, 2.45) is 5.14 Å². The average molecular weight is 298 g/mol. The van der Waals surface area contributed by atoms with Crippen molar-refractivity contribution < 1.29 is 23.3 Å². The molecule has 0 aliphatic carbocycles. The van der Waals surface area contributed by atoms with Gasteiger partial charge in [0.15, 0.2) is 6.04 Å². The molecule has 108 valence electrons. The Bertz CT molecular complexity index is 625. The molecule has 8 heteroatoms. The molecule has 2 amide bonds. The van der Waals surface area contributed by atoms with Gasteiger partial charge in [-0.25, -0.2) is 13.6 Å². The Labute approximate surface area is 116 Å². The molecule has 1 heterocycles. The number of carbonyl (C=O) groups is 2. The van der Waals surface area contributed by atoms with Crippen LogP contribution in [0.5, 0.6) is 0 Å². The van der Waals surface area contributed by atoms with E-state index in [0.717, 1.165) is 5.56 Å². The molecule has 20 heavy (non-hydrogen) atoms. The lowest BCUT2D eigenvalue weighted by Crippen LogP contribution is -2.91. The molecule has 0 saturated carbocycles. The highest BCUT2D eigenvalue weighted by molar-refractivity contribution is 7.89. The number of carbonyl (C=O) groups excluding carboxylic acids is 2. The van der Waals surface area contributed by atoms with Crippen molar-refractivity contribution in [3.8, 4) is 0 Å². The number of nitrogens with two attached hydrogens (primary N) is 2. The standard InChI is InChI=1S/C12H15N3O4S/c13-20(18,19)9-3-1-8(2-4-9)5-6-14-10-7-11(16)15-12(10)17/h1-4,10,14H,5-7H2,(H2,13,18,19)(H,15,16,17)/p+1/t10-/m0/s1. The lowest BCUT2D eigenvalue weighted by Gasteiger charge is -2.06. The summed E-state index contributed by atoms with van der Waals surface area (Å²) < 4.78 is 22.2. The molecule has 1 aliphatic heterocycles. The predicted octanol–water partition coefficient (Wildman–Crippen LogP) is -2.14. The first-order chi connectivity index (χ1) is 9.36. The van der Waals surface area contributed by atoms with Gasteiger partial charge in [-0.15, -0.1) is 0 Å². The van der Waals surface area contributed by atoms with E-state index in [0.29, 0.717) is 13.0 Å². The fraction of sp³-hybridized carbons (Fsp3) is 0.333. The topological polar surface area (TPSA) is 123 Å². The zero-order valence-corrected chi connectivity index (χ0v) is 11.5. The van der Waals surface area contributed by atoms with Crippen molar-refractivity contribution in [2.45, 2.75) is 23.8 Å². The second-order valence-corrected chi connectivity index (χ2v) is 6.25. The largest absolute Gasteiger partial charge is 0.335 e. The number of benzene rings is 1. The second-order valence-electron chi connectivity index (χ2n) is 4.69. The van der Waals surface area contributed by atoms with Crippen LogP contribution in [0, 0.1) is 0 Å². The van der Waals surface area contributed by atoms with E-state index in [2.05, 4.69) is 5.32 Å². The number of amides is 2. The van der Waals surface area contributed by atoms with Crippen LogP contribution in [0.25, 0.3) is 0 Å². The van der Waals surface area contributed by atoms with Gasteiger partial charge in [0.1, 0.15) is 0 Å². The van der Waals surface area contributed by atoms with E-state index < -0.39 is 10.0 Å². The summed E-state index contributed by atoms with van der Waals surface area (Å²) in [5.74, 6) is -0.492. The van der Waals surface area contributed by atoms with Crippen molar-refractivity contribution in [1.29, 1.82) is 0 Å². The van der Waals surface area contributed by atoms with Gasteiger partial charge in [0.05, 0.1) is 17.9 Å². The normalized spacial score (nSPS) is 19.1. The van der Waals surface area contributed by atoms with Crippen LogP contribution >= 0.6 is 0 Å². The smallest absolute Gasteiger partial charge is 0.285 e. The molecular formula is C12H16N3O4S+. The number of rotatable bonds is 5. The molecule has 0 spiro atoms. The summed E-state index contributed by atoms with van der Waals surface area (Å²) in [4.78, 5) is 22.4. The van der Waals surface area contributed by atoms with E-state index in [1.807, 2.05) is 5.32 Å². The van der Waals surface area contributed by atoms with Gasteiger partial charge in [-0.2, -0.15) is 0 Å². The van der Waals surface area contributed by atoms with Gasteiger partial charge in [0.25, 0.3) is 5.91 Å². The number of imide groups is 1. The van der Waals surface area contributed by atoms with Crippen molar-refractivity contribution in [1.82, 2.24) is 5.32 Å². The third-order valence-electron chi connectivity index (χ3n) is 3.14. The molecule has 0 aromatic heterocycles. The second kappa shape index (κ2) is 5.70. The molecule has 2 rings (SSSR count). The van der Waals surface area contributed by atoms with Crippen LogP contribution < -0.4 is 15.8 Å². The molecule has 0 unspecified atom stereocenters. The SMILES string of the molecule is NS(=O)(=O)c1ccc(CC[NH2+][C@H]2CC(=O)NC2=O)cc1. The van der Waals surface area contributed by atoms with Crippen LogP contribution in [0.4, 0.5) is 0 Å². The molecule has 5 N–H and O–H groups in total. The molecule has 7 nitrogen and oxygen atoms in total. The minimum atomic E-state index is -3.66. The molecule has 1 aromatic carbocycles. The highest BCUT2D eigenvalue weighted by Gasteiger charge is 2.33. The van der Waals surface area contributed by atoms with Gasteiger partial charge in [-0.05, 0) is 17.7 Å². The Kier molecular flexibility index (Phi) is 4.17. The monoisotopic (exact) mass is 298 g/mol. The summed E-state index contributed by atoms with van der Waals surface area (Å²) in [6, 6.07) is 5.93. The molecular weight excluding hydrogens is 282 g/mol. The third kappa shape index (κ3) is 3.62. The van der Waals surface area contributed by atoms with E-state index in [1.165, 1.54) is 12.1 Å². The van der Waals surface area contributed by atoms with Crippen LogP contribution in [-0.4, -0.2) is 32.8 Å². The molecule has 1 atom stereocenters. The fourth-order valence-corrected chi connectivity index (χ4v) is 2.58. The molecule has 1 aliphatic rings. The minimum absolute atomic E-state index is 0.0750. The van der Waals surface area contributed by atoms with Crippen molar-refractivity contribution in [2.75, 3.05) is 6.54 Å². The lowest BCUT2D eigenvalue weighted by molar-refractivity contribution is -0.674. The van der Waals surface area contributed by atoms with Crippen LogP contribution in [0.3, 0.4) is 0 Å². The lowest BCUT2D eigenvalue weighted by atomic mass is 10.1. The van der Waals surface area contributed by atoms with Crippen molar-refractivity contribution >= 4 is 21.8 Å². The van der Waals surface area contributed by atoms with E-state index in [-0.39, 0.29) is 29.2 Å². The molecule has 1 aromatic rings. The highest BCUT2D eigenvalue weighted by Crippen LogP contribution is 2.08. The first-order valence-electron chi connectivity index (χ1n) is 6.15. The third-order valence-corrected chi connectivity index (χ3v) is 4.07. The summed E-state index contributed by atoms with van der Waals surface area (Å²) in [5.41, 5.74) is 0.943. The first-order valence-corrected chi connectivity index (χ1v) is 7.69. The maximum Gasteiger partial charge on any atom is 0.285 e. The highest BCUT2D eigenvalue weighted by atomic mass is 32.2. The minimum Gasteiger partial charge on any atom is -0.335 e. The quantitative estimate of drug-likeness (QED) is 0.536. The van der Waals surface area contributed by atoms with Crippen molar-refractivity contribution in [3.63, 3.8) is 0 Å². The zero-order valence-electron chi connectivity index (χ0n) is 10.7. The summed E-state index contributed by atoms with van der Waals surface area (Å²) in [5, 5.41) is 9.07. The van der Waals surface area contributed by atoms with Gasteiger partial charge in [-0.3, -0.25) is 14.9 Å². The first kappa shape index (κ1) is 14.6. The number of sulfonamides is 1. The van der Waals surface area contributed by atoms with Crippen molar-refractivity contribution in [3.05, 3.63) is 29.8 Å². The maximum absolute atomic E-state index is 11.3. The summed E-state index contributed by atoms with van der Waals surface area (Å²) in [7, 11) is -3.66. The molecule has 0 radical (unpaired) electrons. The van der Waals surface area contributed by atoms with E-state index in [1.54, 1.807) is 12.1 Å². The number of primary sulfonamides is 1. The average Bonchev–Trinajstić information content (AvgIpc) is 2.67.